The minimum atomic E-state index is -0.199. The van der Waals surface area contributed by atoms with E-state index in [-0.39, 0.29) is 17.7 Å². The molecule has 1 saturated carbocycles. The molecule has 0 spiro atoms. The monoisotopic (exact) mass is 247 g/mol. The molecule has 2 N–H and O–H groups in total. The van der Waals surface area contributed by atoms with Crippen LogP contribution in [0.4, 0.5) is 0 Å². The van der Waals surface area contributed by atoms with Crippen LogP contribution in [0, 0.1) is 0 Å². The third-order valence-corrected chi connectivity index (χ3v) is 4.02. The number of hydrogen-bond donors (Lipinski definition) is 2. The summed E-state index contributed by atoms with van der Waals surface area (Å²) in [5.74, 6) is 0. The average molecular weight is 247 g/mol. The first kappa shape index (κ1) is 13.6. The van der Waals surface area contributed by atoms with Gasteiger partial charge in [-0.3, -0.25) is 0 Å². The van der Waals surface area contributed by atoms with Crippen molar-refractivity contribution in [3.05, 3.63) is 35.9 Å². The summed E-state index contributed by atoms with van der Waals surface area (Å²) in [6.07, 6.45) is 5.45. The van der Waals surface area contributed by atoms with E-state index < -0.39 is 0 Å². The first-order chi connectivity index (χ1) is 8.59. The summed E-state index contributed by atoms with van der Waals surface area (Å²) in [5.41, 5.74) is 1.19. The average Bonchev–Trinajstić information content (AvgIpc) is 2.56. The lowest BCUT2D eigenvalue weighted by molar-refractivity contribution is 0.103. The predicted octanol–water partition coefficient (Wildman–Crippen LogP) is 3.20. The van der Waals surface area contributed by atoms with Crippen molar-refractivity contribution in [1.29, 1.82) is 0 Å². The normalized spacial score (nSPS) is 25.7. The molecule has 0 bridgehead atoms. The zero-order valence-electron chi connectivity index (χ0n) is 11.5. The van der Waals surface area contributed by atoms with E-state index in [2.05, 4.69) is 43.4 Å². The lowest BCUT2D eigenvalue weighted by Crippen LogP contribution is -2.48. The van der Waals surface area contributed by atoms with Crippen LogP contribution in [0.15, 0.2) is 30.3 Å². The number of aliphatic hydroxyl groups is 1. The van der Waals surface area contributed by atoms with Gasteiger partial charge in [-0.25, -0.2) is 0 Å². The van der Waals surface area contributed by atoms with Gasteiger partial charge in [-0.15, -0.1) is 0 Å². The summed E-state index contributed by atoms with van der Waals surface area (Å²) < 4.78 is 0. The molecule has 1 aliphatic carbocycles. The Morgan fingerprint density at radius 3 is 2.44 bits per heavy atom. The fourth-order valence-corrected chi connectivity index (χ4v) is 2.86. The molecule has 2 heteroatoms. The minimum Gasteiger partial charge on any atom is -0.392 e. The Balaban J connectivity index is 2.07. The van der Waals surface area contributed by atoms with Gasteiger partial charge in [0.1, 0.15) is 0 Å². The molecule has 100 valence electrons. The van der Waals surface area contributed by atoms with Gasteiger partial charge in [-0.2, -0.15) is 0 Å². The highest BCUT2D eigenvalue weighted by molar-refractivity contribution is 5.22. The maximum Gasteiger partial charge on any atom is 0.0693 e. The largest absolute Gasteiger partial charge is 0.392 e. The van der Waals surface area contributed by atoms with Gasteiger partial charge in [0.2, 0.25) is 0 Å². The quantitative estimate of drug-likeness (QED) is 0.804. The Kier molecular flexibility index (Phi) is 4.41. The SMILES string of the molecule is CC(C)(NC1CCCCCC1O)c1ccccc1. The molecule has 0 amide bonds. The number of hydrogen-bond acceptors (Lipinski definition) is 2. The highest BCUT2D eigenvalue weighted by atomic mass is 16.3. The molecule has 2 unspecified atom stereocenters. The molecule has 1 aliphatic rings. The second kappa shape index (κ2) is 5.85. The maximum absolute atomic E-state index is 10.2. The molecular formula is C16H25NO. The van der Waals surface area contributed by atoms with Crippen LogP contribution in [-0.4, -0.2) is 17.3 Å². The number of aliphatic hydroxyl groups excluding tert-OH is 1. The van der Waals surface area contributed by atoms with Crippen LogP contribution >= 0.6 is 0 Å². The summed E-state index contributed by atoms with van der Waals surface area (Å²) in [7, 11) is 0. The zero-order chi connectivity index (χ0) is 13.0. The molecular weight excluding hydrogens is 222 g/mol. The molecule has 2 nitrogen and oxygen atoms in total. The van der Waals surface area contributed by atoms with Crippen molar-refractivity contribution in [3.63, 3.8) is 0 Å². The van der Waals surface area contributed by atoms with E-state index in [4.69, 9.17) is 0 Å². The Hall–Kier alpha value is -0.860. The first-order valence-electron chi connectivity index (χ1n) is 7.11. The Labute approximate surface area is 110 Å². The third-order valence-electron chi connectivity index (χ3n) is 4.02. The highest BCUT2D eigenvalue weighted by Gasteiger charge is 2.28. The topological polar surface area (TPSA) is 32.3 Å². The molecule has 2 rings (SSSR count). The minimum absolute atomic E-state index is 0.0861. The second-order valence-corrected chi connectivity index (χ2v) is 5.95. The van der Waals surface area contributed by atoms with Gasteiger partial charge >= 0.3 is 0 Å². The number of rotatable bonds is 3. The summed E-state index contributed by atoms with van der Waals surface area (Å²) in [6.45, 7) is 4.39. The van der Waals surface area contributed by atoms with Crippen molar-refractivity contribution in [2.75, 3.05) is 0 Å². The maximum atomic E-state index is 10.2. The molecule has 0 aliphatic heterocycles. The van der Waals surface area contributed by atoms with E-state index in [1.54, 1.807) is 0 Å². The second-order valence-electron chi connectivity index (χ2n) is 5.95. The highest BCUT2D eigenvalue weighted by Crippen LogP contribution is 2.25. The van der Waals surface area contributed by atoms with Crippen LogP contribution in [0.3, 0.4) is 0 Å². The van der Waals surface area contributed by atoms with Crippen molar-refractivity contribution in [2.24, 2.45) is 0 Å². The van der Waals surface area contributed by atoms with Gasteiger partial charge < -0.3 is 10.4 Å². The van der Waals surface area contributed by atoms with Gasteiger partial charge in [0, 0.05) is 11.6 Å². The summed E-state index contributed by atoms with van der Waals surface area (Å²) in [4.78, 5) is 0. The standard InChI is InChI=1S/C16H25NO/c1-16(2,13-9-5-3-6-10-13)17-14-11-7-4-8-12-15(14)18/h3,5-6,9-10,14-15,17-18H,4,7-8,11-12H2,1-2H3. The number of benzene rings is 1. The van der Waals surface area contributed by atoms with Crippen LogP contribution < -0.4 is 5.32 Å². The van der Waals surface area contributed by atoms with Gasteiger partial charge in [0.25, 0.3) is 0 Å². The Bertz CT molecular complexity index is 361. The third kappa shape index (κ3) is 3.33. The van der Waals surface area contributed by atoms with Crippen molar-refractivity contribution >= 4 is 0 Å². The summed E-state index contributed by atoms with van der Waals surface area (Å²) >= 11 is 0. The van der Waals surface area contributed by atoms with Crippen molar-refractivity contribution in [3.8, 4) is 0 Å². The molecule has 0 aromatic heterocycles. The molecule has 0 heterocycles. The van der Waals surface area contributed by atoms with Crippen molar-refractivity contribution in [2.45, 2.75) is 63.6 Å². The fraction of sp³-hybridized carbons (Fsp3) is 0.625. The predicted molar refractivity (Wildman–Crippen MR) is 75.5 cm³/mol. The molecule has 1 aromatic rings. The molecule has 2 atom stereocenters. The summed E-state index contributed by atoms with van der Waals surface area (Å²) in [5, 5.41) is 13.8. The summed E-state index contributed by atoms with van der Waals surface area (Å²) in [6, 6.07) is 10.7. The van der Waals surface area contributed by atoms with Crippen LogP contribution in [0.25, 0.3) is 0 Å². The van der Waals surface area contributed by atoms with E-state index in [0.717, 1.165) is 19.3 Å². The smallest absolute Gasteiger partial charge is 0.0693 e. The van der Waals surface area contributed by atoms with Crippen LogP contribution in [0.1, 0.15) is 51.5 Å². The van der Waals surface area contributed by atoms with Gasteiger partial charge in [0.05, 0.1) is 6.10 Å². The van der Waals surface area contributed by atoms with Gasteiger partial charge in [-0.05, 0) is 32.3 Å². The Morgan fingerprint density at radius 2 is 1.72 bits per heavy atom. The van der Waals surface area contributed by atoms with Crippen LogP contribution in [0.2, 0.25) is 0 Å². The van der Waals surface area contributed by atoms with E-state index in [9.17, 15) is 5.11 Å². The molecule has 18 heavy (non-hydrogen) atoms. The molecule has 0 radical (unpaired) electrons. The lowest BCUT2D eigenvalue weighted by Gasteiger charge is -2.34. The van der Waals surface area contributed by atoms with Gasteiger partial charge in [0.15, 0.2) is 0 Å². The fourth-order valence-electron chi connectivity index (χ4n) is 2.86. The van der Waals surface area contributed by atoms with E-state index >= 15 is 0 Å². The molecule has 1 aromatic carbocycles. The van der Waals surface area contributed by atoms with E-state index in [0.29, 0.717) is 0 Å². The van der Waals surface area contributed by atoms with Crippen LogP contribution in [-0.2, 0) is 5.54 Å². The van der Waals surface area contributed by atoms with Gasteiger partial charge in [-0.1, -0.05) is 49.6 Å². The number of nitrogens with one attached hydrogen (secondary N) is 1. The van der Waals surface area contributed by atoms with E-state index in [1.807, 2.05) is 6.07 Å². The Morgan fingerprint density at radius 1 is 1.06 bits per heavy atom. The molecule has 1 fully saturated rings. The van der Waals surface area contributed by atoms with Crippen molar-refractivity contribution in [1.82, 2.24) is 5.32 Å². The lowest BCUT2D eigenvalue weighted by atomic mass is 9.91. The zero-order valence-corrected chi connectivity index (χ0v) is 11.5. The first-order valence-corrected chi connectivity index (χ1v) is 7.11. The van der Waals surface area contributed by atoms with Crippen molar-refractivity contribution < 1.29 is 5.11 Å². The van der Waals surface area contributed by atoms with Crippen LogP contribution in [0.5, 0.6) is 0 Å². The van der Waals surface area contributed by atoms with E-state index in [1.165, 1.54) is 18.4 Å². The molecule has 0 saturated heterocycles.